The molecule has 2 heterocycles. The normalized spacial score (nSPS) is 17.7. The highest BCUT2D eigenvalue weighted by Crippen LogP contribution is 2.17. The van der Waals surface area contributed by atoms with Gasteiger partial charge in [0.25, 0.3) is 0 Å². The Morgan fingerprint density at radius 2 is 2.22 bits per heavy atom. The molecule has 0 spiro atoms. The number of carbonyl (C=O) groups is 2. The van der Waals surface area contributed by atoms with Crippen molar-refractivity contribution in [2.45, 2.75) is 18.9 Å². The van der Waals surface area contributed by atoms with Gasteiger partial charge in [0.2, 0.25) is 0 Å². The van der Waals surface area contributed by atoms with Crippen LogP contribution in [-0.4, -0.2) is 60.9 Å². The molecule has 0 saturated carbocycles. The van der Waals surface area contributed by atoms with Crippen molar-refractivity contribution in [3.8, 4) is 0 Å². The summed E-state index contributed by atoms with van der Waals surface area (Å²) in [6.45, 7) is 3.40. The Kier molecular flexibility index (Phi) is 6.62. The van der Waals surface area contributed by atoms with Crippen LogP contribution in [0.5, 0.6) is 0 Å². The Morgan fingerprint density at radius 1 is 1.33 bits per heavy atom. The molecule has 1 aromatic heterocycles. The number of esters is 1. The molecule has 0 bridgehead atoms. The number of carbonyl (C=O) groups excluding carboxylic acids is 1. The standard InChI is InChI=1S/C20H23NO6/c22-19(23)20(24)27-17-6-9-21(14-17)8-2-11-25-10-1-3-15-4-5-18-16(13-15)7-12-26-18/h1,3-5,7,12-13,17H,2,6,8-11,14H2,(H,22,23)/b3-1+. The maximum absolute atomic E-state index is 11.0. The van der Waals surface area contributed by atoms with Crippen LogP contribution in [0.3, 0.4) is 0 Å². The van der Waals surface area contributed by atoms with E-state index in [0.717, 1.165) is 36.0 Å². The first-order valence-electron chi connectivity index (χ1n) is 8.99. The fraction of sp³-hybridized carbons (Fsp3) is 0.400. The number of likely N-dealkylation sites (tertiary alicyclic amines) is 1. The molecule has 1 atom stereocenters. The van der Waals surface area contributed by atoms with E-state index in [4.69, 9.17) is 19.0 Å². The van der Waals surface area contributed by atoms with Crippen molar-refractivity contribution in [1.29, 1.82) is 0 Å². The van der Waals surface area contributed by atoms with Gasteiger partial charge in [0, 0.05) is 31.6 Å². The summed E-state index contributed by atoms with van der Waals surface area (Å²) in [5.74, 6) is -2.72. The Hall–Kier alpha value is -2.64. The highest BCUT2D eigenvalue weighted by molar-refractivity contribution is 6.28. The molecule has 0 aliphatic carbocycles. The summed E-state index contributed by atoms with van der Waals surface area (Å²) in [6.07, 6.45) is 6.90. The zero-order valence-corrected chi connectivity index (χ0v) is 15.0. The fourth-order valence-electron chi connectivity index (χ4n) is 3.11. The first kappa shape index (κ1) is 19.1. The predicted molar refractivity (Wildman–Crippen MR) is 99.3 cm³/mol. The lowest BCUT2D eigenvalue weighted by Crippen LogP contribution is -2.28. The molecule has 1 aromatic carbocycles. The molecule has 7 nitrogen and oxygen atoms in total. The summed E-state index contributed by atoms with van der Waals surface area (Å²) < 4.78 is 15.8. The van der Waals surface area contributed by atoms with Crippen molar-refractivity contribution in [2.24, 2.45) is 0 Å². The Balaban J connectivity index is 1.27. The molecule has 1 aliphatic heterocycles. The highest BCUT2D eigenvalue weighted by Gasteiger charge is 2.27. The average Bonchev–Trinajstić information content (AvgIpc) is 3.29. The third-order valence-corrected chi connectivity index (χ3v) is 4.44. The van der Waals surface area contributed by atoms with Crippen molar-refractivity contribution in [2.75, 3.05) is 32.8 Å². The number of aliphatic carboxylic acids is 1. The smallest absolute Gasteiger partial charge is 0.417 e. The highest BCUT2D eigenvalue weighted by atomic mass is 16.6. The Morgan fingerprint density at radius 3 is 3.07 bits per heavy atom. The van der Waals surface area contributed by atoms with E-state index in [1.54, 1.807) is 6.26 Å². The van der Waals surface area contributed by atoms with E-state index < -0.39 is 11.9 Å². The van der Waals surface area contributed by atoms with Crippen LogP contribution in [0.1, 0.15) is 18.4 Å². The monoisotopic (exact) mass is 373 g/mol. The second-order valence-electron chi connectivity index (χ2n) is 6.47. The second kappa shape index (κ2) is 9.34. The summed E-state index contributed by atoms with van der Waals surface area (Å²) in [6, 6.07) is 7.96. The van der Waals surface area contributed by atoms with Crippen LogP contribution >= 0.6 is 0 Å². The van der Waals surface area contributed by atoms with Crippen LogP contribution < -0.4 is 0 Å². The molecule has 1 aliphatic rings. The number of nitrogens with zero attached hydrogens (tertiary/aromatic N) is 1. The van der Waals surface area contributed by atoms with Gasteiger partial charge in [-0.15, -0.1) is 0 Å². The minimum atomic E-state index is -1.54. The molecule has 1 unspecified atom stereocenters. The lowest BCUT2D eigenvalue weighted by Gasteiger charge is -2.15. The number of hydrogen-bond donors (Lipinski definition) is 1. The molecule has 27 heavy (non-hydrogen) atoms. The van der Waals surface area contributed by atoms with Gasteiger partial charge in [0.05, 0.1) is 12.9 Å². The lowest BCUT2D eigenvalue weighted by atomic mass is 10.1. The third kappa shape index (κ3) is 5.67. The van der Waals surface area contributed by atoms with Gasteiger partial charge in [-0.2, -0.15) is 0 Å². The minimum absolute atomic E-state index is 0.329. The van der Waals surface area contributed by atoms with Crippen molar-refractivity contribution in [3.05, 3.63) is 42.2 Å². The van der Waals surface area contributed by atoms with E-state index in [1.807, 2.05) is 30.4 Å². The number of furan rings is 1. The van der Waals surface area contributed by atoms with E-state index >= 15 is 0 Å². The number of rotatable bonds is 8. The Bertz CT molecular complexity index is 812. The first-order valence-corrected chi connectivity index (χ1v) is 8.99. The van der Waals surface area contributed by atoms with Crippen molar-refractivity contribution < 1.29 is 28.6 Å². The van der Waals surface area contributed by atoms with Crippen molar-refractivity contribution >= 4 is 29.0 Å². The third-order valence-electron chi connectivity index (χ3n) is 4.44. The average molecular weight is 373 g/mol. The molecule has 2 aromatic rings. The van der Waals surface area contributed by atoms with Crippen molar-refractivity contribution in [1.82, 2.24) is 4.90 Å². The molecule has 1 fully saturated rings. The molecule has 0 amide bonds. The van der Waals surface area contributed by atoms with E-state index in [1.165, 1.54) is 0 Å². The van der Waals surface area contributed by atoms with Crippen molar-refractivity contribution in [3.63, 3.8) is 0 Å². The number of fused-ring (bicyclic) bond motifs is 1. The summed E-state index contributed by atoms with van der Waals surface area (Å²) in [5.41, 5.74) is 1.98. The van der Waals surface area contributed by atoms with Gasteiger partial charge < -0.3 is 19.0 Å². The fourth-order valence-corrected chi connectivity index (χ4v) is 3.11. The number of carboxylic acid groups (broad SMARTS) is 1. The van der Waals surface area contributed by atoms with Gasteiger partial charge >= 0.3 is 11.9 Å². The number of hydrogen-bond acceptors (Lipinski definition) is 6. The van der Waals surface area contributed by atoms with Gasteiger partial charge in [0.15, 0.2) is 0 Å². The van der Waals surface area contributed by atoms with Crippen LogP contribution in [0.15, 0.2) is 41.0 Å². The van der Waals surface area contributed by atoms with E-state index in [-0.39, 0.29) is 6.10 Å². The lowest BCUT2D eigenvalue weighted by molar-refractivity contribution is -0.167. The molecule has 7 heteroatoms. The largest absolute Gasteiger partial charge is 0.473 e. The van der Waals surface area contributed by atoms with Crippen LogP contribution in [0, 0.1) is 0 Å². The topological polar surface area (TPSA) is 89.2 Å². The maximum atomic E-state index is 11.0. The zero-order chi connectivity index (χ0) is 19.1. The molecular weight excluding hydrogens is 350 g/mol. The predicted octanol–water partition coefficient (Wildman–Crippen LogP) is 2.55. The van der Waals surface area contributed by atoms with Crippen LogP contribution in [-0.2, 0) is 19.1 Å². The second-order valence-corrected chi connectivity index (χ2v) is 6.47. The van der Waals surface area contributed by atoms with Gasteiger partial charge in [-0.1, -0.05) is 18.2 Å². The summed E-state index contributed by atoms with van der Waals surface area (Å²) in [5, 5.41) is 9.63. The summed E-state index contributed by atoms with van der Waals surface area (Å²) in [4.78, 5) is 23.7. The maximum Gasteiger partial charge on any atom is 0.417 e. The van der Waals surface area contributed by atoms with Gasteiger partial charge in [0.1, 0.15) is 11.7 Å². The Labute approximate surface area is 157 Å². The molecule has 3 rings (SSSR count). The van der Waals surface area contributed by atoms with E-state index in [2.05, 4.69) is 11.0 Å². The molecule has 1 saturated heterocycles. The zero-order valence-electron chi connectivity index (χ0n) is 15.0. The minimum Gasteiger partial charge on any atom is -0.473 e. The van der Waals surface area contributed by atoms with Crippen LogP contribution in [0.4, 0.5) is 0 Å². The molecule has 144 valence electrons. The summed E-state index contributed by atoms with van der Waals surface area (Å²) >= 11 is 0. The van der Waals surface area contributed by atoms with Crippen LogP contribution in [0.2, 0.25) is 0 Å². The van der Waals surface area contributed by atoms with E-state index in [9.17, 15) is 9.59 Å². The summed E-state index contributed by atoms with van der Waals surface area (Å²) in [7, 11) is 0. The van der Waals surface area contributed by atoms with Gasteiger partial charge in [-0.25, -0.2) is 9.59 Å². The van der Waals surface area contributed by atoms with E-state index in [0.29, 0.717) is 26.2 Å². The van der Waals surface area contributed by atoms with Crippen LogP contribution in [0.25, 0.3) is 17.0 Å². The number of carboxylic acids is 1. The molecular formula is C20H23NO6. The number of benzene rings is 1. The van der Waals surface area contributed by atoms with Gasteiger partial charge in [-0.3, -0.25) is 4.90 Å². The first-order chi connectivity index (χ1) is 13.1. The van der Waals surface area contributed by atoms with Gasteiger partial charge in [-0.05, 0) is 36.6 Å². The SMILES string of the molecule is O=C(O)C(=O)OC1CCN(CCCOC/C=C/c2ccc3occc3c2)C1. The quantitative estimate of drug-likeness (QED) is 0.432. The molecule has 1 N–H and O–H groups in total. The molecule has 0 radical (unpaired) electrons. The number of ether oxygens (including phenoxy) is 2.